The monoisotopic (exact) mass is 280 g/mol. The number of nitrogens with zero attached hydrogens (tertiary/aromatic N) is 2. The summed E-state index contributed by atoms with van der Waals surface area (Å²) in [7, 11) is 0. The average molecular weight is 280 g/mol. The normalized spacial score (nSPS) is 10.7. The van der Waals surface area contributed by atoms with Gasteiger partial charge in [0.05, 0.1) is 5.69 Å². The molecule has 1 heterocycles. The van der Waals surface area contributed by atoms with E-state index in [1.54, 1.807) is 10.9 Å². The van der Waals surface area contributed by atoms with Gasteiger partial charge in [0.15, 0.2) is 5.69 Å². The van der Waals surface area contributed by atoms with Crippen LogP contribution in [0.15, 0.2) is 48.7 Å². The van der Waals surface area contributed by atoms with Crippen molar-refractivity contribution < 1.29 is 4.79 Å². The summed E-state index contributed by atoms with van der Waals surface area (Å²) in [6, 6.07) is 13.8. The first-order chi connectivity index (χ1) is 10.2. The van der Waals surface area contributed by atoms with Crippen LogP contribution in [0, 0.1) is 0 Å². The minimum absolute atomic E-state index is 0.255. The second-order valence-corrected chi connectivity index (χ2v) is 4.80. The van der Waals surface area contributed by atoms with E-state index in [4.69, 9.17) is 5.73 Å². The molecule has 0 unspecified atom stereocenters. The van der Waals surface area contributed by atoms with Crippen LogP contribution < -0.4 is 11.1 Å². The zero-order valence-electron chi connectivity index (χ0n) is 11.7. The molecule has 106 valence electrons. The van der Waals surface area contributed by atoms with Crippen molar-refractivity contribution in [3.63, 3.8) is 0 Å². The molecular formula is C16H16N4O. The van der Waals surface area contributed by atoms with Crippen LogP contribution in [0.5, 0.6) is 0 Å². The average Bonchev–Trinajstić information content (AvgIpc) is 2.88. The highest BCUT2D eigenvalue weighted by atomic mass is 16.2. The molecule has 5 heteroatoms. The van der Waals surface area contributed by atoms with E-state index in [1.165, 1.54) is 0 Å². The summed E-state index contributed by atoms with van der Waals surface area (Å²) in [5, 5.41) is 9.20. The lowest BCUT2D eigenvalue weighted by atomic mass is 10.1. The molecule has 0 fully saturated rings. The molecule has 0 aliphatic rings. The third-order valence-corrected chi connectivity index (χ3v) is 3.34. The Morgan fingerprint density at radius 3 is 2.71 bits per heavy atom. The van der Waals surface area contributed by atoms with Gasteiger partial charge in [0.1, 0.15) is 0 Å². The van der Waals surface area contributed by atoms with Crippen molar-refractivity contribution in [3.8, 4) is 0 Å². The van der Waals surface area contributed by atoms with E-state index in [9.17, 15) is 4.79 Å². The first-order valence-electron chi connectivity index (χ1n) is 6.80. The molecule has 1 amide bonds. The van der Waals surface area contributed by atoms with E-state index in [-0.39, 0.29) is 11.6 Å². The molecule has 0 spiro atoms. The van der Waals surface area contributed by atoms with Crippen molar-refractivity contribution in [1.29, 1.82) is 0 Å². The lowest BCUT2D eigenvalue weighted by Gasteiger charge is -2.05. The number of carbonyl (C=O) groups is 1. The van der Waals surface area contributed by atoms with Gasteiger partial charge in [-0.05, 0) is 29.8 Å². The maximum Gasteiger partial charge on any atom is 0.278 e. The van der Waals surface area contributed by atoms with Gasteiger partial charge >= 0.3 is 0 Å². The van der Waals surface area contributed by atoms with Crippen LogP contribution >= 0.6 is 0 Å². The predicted octanol–water partition coefficient (Wildman–Crippen LogP) is 2.89. The fraction of sp³-hybridized carbons (Fsp3) is 0.125. The van der Waals surface area contributed by atoms with Gasteiger partial charge < -0.3 is 11.1 Å². The highest BCUT2D eigenvalue weighted by Crippen LogP contribution is 2.20. The summed E-state index contributed by atoms with van der Waals surface area (Å²) < 4.78 is 1.64. The van der Waals surface area contributed by atoms with E-state index < -0.39 is 0 Å². The largest absolute Gasteiger partial charge is 0.396 e. The number of hydrogen-bond donors (Lipinski definition) is 2. The second-order valence-electron chi connectivity index (χ2n) is 4.80. The van der Waals surface area contributed by atoms with Gasteiger partial charge in [0.25, 0.3) is 5.91 Å². The molecule has 0 saturated heterocycles. The van der Waals surface area contributed by atoms with Crippen LogP contribution in [0.1, 0.15) is 17.4 Å². The third-order valence-electron chi connectivity index (χ3n) is 3.34. The summed E-state index contributed by atoms with van der Waals surface area (Å²) in [5.74, 6) is -0.296. The fourth-order valence-corrected chi connectivity index (χ4v) is 2.23. The zero-order valence-corrected chi connectivity index (χ0v) is 11.7. The zero-order chi connectivity index (χ0) is 14.8. The molecular weight excluding hydrogens is 264 g/mol. The fourth-order valence-electron chi connectivity index (χ4n) is 2.23. The topological polar surface area (TPSA) is 72.9 Å². The molecule has 5 nitrogen and oxygen atoms in total. The minimum atomic E-state index is -0.296. The van der Waals surface area contributed by atoms with E-state index in [2.05, 4.69) is 10.4 Å². The molecule has 3 N–H and O–H groups in total. The Hall–Kier alpha value is -2.82. The standard InChI is InChI=1S/C16H16N4O/c1-2-20-10-14(17)15(19-20)16(21)18-13-8-7-11-5-3-4-6-12(11)9-13/h3-10H,2,17H2,1H3,(H,18,21). The van der Waals surface area contributed by atoms with E-state index in [0.717, 1.165) is 16.5 Å². The minimum Gasteiger partial charge on any atom is -0.396 e. The lowest BCUT2D eigenvalue weighted by molar-refractivity contribution is 0.102. The molecule has 0 aliphatic carbocycles. The number of aromatic nitrogens is 2. The Bertz CT molecular complexity index is 807. The maximum absolute atomic E-state index is 12.2. The van der Waals surface area contributed by atoms with Crippen LogP contribution in [0.4, 0.5) is 11.4 Å². The smallest absolute Gasteiger partial charge is 0.278 e. The number of nitrogens with two attached hydrogens (primary N) is 1. The summed E-state index contributed by atoms with van der Waals surface area (Å²) >= 11 is 0. The molecule has 0 saturated carbocycles. The number of nitrogen functional groups attached to an aromatic ring is 1. The number of rotatable bonds is 3. The van der Waals surface area contributed by atoms with Crippen LogP contribution in [-0.4, -0.2) is 15.7 Å². The number of nitrogens with one attached hydrogen (secondary N) is 1. The summed E-state index contributed by atoms with van der Waals surface area (Å²) in [6.45, 7) is 2.62. The number of amides is 1. The van der Waals surface area contributed by atoms with Crippen LogP contribution in [-0.2, 0) is 6.54 Å². The van der Waals surface area contributed by atoms with Crippen LogP contribution in [0.2, 0.25) is 0 Å². The molecule has 1 aromatic heterocycles. The molecule has 0 radical (unpaired) electrons. The van der Waals surface area contributed by atoms with Crippen molar-refractivity contribution in [3.05, 3.63) is 54.4 Å². The number of benzene rings is 2. The number of fused-ring (bicyclic) bond motifs is 1. The van der Waals surface area contributed by atoms with Crippen molar-refractivity contribution >= 4 is 28.1 Å². The van der Waals surface area contributed by atoms with Crippen molar-refractivity contribution in [2.24, 2.45) is 0 Å². The Kier molecular flexibility index (Phi) is 3.31. The van der Waals surface area contributed by atoms with Gasteiger partial charge in [-0.1, -0.05) is 30.3 Å². The van der Waals surface area contributed by atoms with Crippen molar-refractivity contribution in [1.82, 2.24) is 9.78 Å². The maximum atomic E-state index is 12.2. The summed E-state index contributed by atoms with van der Waals surface area (Å²) in [6.07, 6.45) is 1.66. The van der Waals surface area contributed by atoms with Gasteiger partial charge in [0.2, 0.25) is 0 Å². The first kappa shape index (κ1) is 13.2. The lowest BCUT2D eigenvalue weighted by Crippen LogP contribution is -2.14. The van der Waals surface area contributed by atoms with Gasteiger partial charge in [-0.2, -0.15) is 5.10 Å². The van der Waals surface area contributed by atoms with E-state index in [1.807, 2.05) is 49.4 Å². The Morgan fingerprint density at radius 2 is 2.00 bits per heavy atom. The number of aryl methyl sites for hydroxylation is 1. The van der Waals surface area contributed by atoms with Crippen molar-refractivity contribution in [2.75, 3.05) is 11.1 Å². The van der Waals surface area contributed by atoms with Gasteiger partial charge in [-0.3, -0.25) is 9.48 Å². The van der Waals surface area contributed by atoms with E-state index >= 15 is 0 Å². The molecule has 0 atom stereocenters. The Morgan fingerprint density at radius 1 is 1.24 bits per heavy atom. The van der Waals surface area contributed by atoms with Crippen LogP contribution in [0.3, 0.4) is 0 Å². The third kappa shape index (κ3) is 2.58. The highest BCUT2D eigenvalue weighted by Gasteiger charge is 2.14. The van der Waals surface area contributed by atoms with Gasteiger partial charge in [-0.15, -0.1) is 0 Å². The van der Waals surface area contributed by atoms with Crippen LogP contribution in [0.25, 0.3) is 10.8 Å². The van der Waals surface area contributed by atoms with Gasteiger partial charge in [0, 0.05) is 18.4 Å². The molecule has 3 rings (SSSR count). The SMILES string of the molecule is CCn1cc(N)c(C(=O)Nc2ccc3ccccc3c2)n1. The molecule has 21 heavy (non-hydrogen) atoms. The number of hydrogen-bond acceptors (Lipinski definition) is 3. The van der Waals surface area contributed by atoms with E-state index in [0.29, 0.717) is 12.2 Å². The highest BCUT2D eigenvalue weighted by molar-refractivity contribution is 6.06. The Balaban J connectivity index is 1.87. The summed E-state index contributed by atoms with van der Waals surface area (Å²) in [4.78, 5) is 12.2. The van der Waals surface area contributed by atoms with Crippen molar-refractivity contribution in [2.45, 2.75) is 13.5 Å². The Labute approximate surface area is 122 Å². The first-order valence-corrected chi connectivity index (χ1v) is 6.80. The quantitative estimate of drug-likeness (QED) is 0.774. The molecule has 0 bridgehead atoms. The molecule has 0 aliphatic heterocycles. The number of anilines is 2. The van der Waals surface area contributed by atoms with Gasteiger partial charge in [-0.25, -0.2) is 0 Å². The molecule has 3 aromatic rings. The predicted molar refractivity (Wildman–Crippen MR) is 84.2 cm³/mol. The second kappa shape index (κ2) is 5.28. The molecule has 2 aromatic carbocycles. The summed E-state index contributed by atoms with van der Waals surface area (Å²) in [5.41, 5.74) is 7.18. The number of carbonyl (C=O) groups excluding carboxylic acids is 1.